The van der Waals surface area contributed by atoms with Crippen molar-refractivity contribution in [2.45, 2.75) is 4.90 Å². The summed E-state index contributed by atoms with van der Waals surface area (Å²) < 4.78 is 30.8. The van der Waals surface area contributed by atoms with Crippen LogP contribution in [0.1, 0.15) is 0 Å². The Hall–Kier alpha value is -1.15. The van der Waals surface area contributed by atoms with Crippen LogP contribution < -0.4 is 5.32 Å². The second-order valence-electron chi connectivity index (χ2n) is 3.89. The van der Waals surface area contributed by atoms with E-state index in [1.807, 2.05) is 0 Å². The zero-order valence-electron chi connectivity index (χ0n) is 11.2. The molecular formula is C12H20N2O4S. The van der Waals surface area contributed by atoms with E-state index in [1.165, 1.54) is 11.4 Å². The molecular weight excluding hydrogens is 268 g/mol. The molecule has 19 heavy (non-hydrogen) atoms. The van der Waals surface area contributed by atoms with Gasteiger partial charge in [-0.25, -0.2) is 8.42 Å². The molecule has 0 saturated heterocycles. The monoisotopic (exact) mass is 288 g/mol. The van der Waals surface area contributed by atoms with Crippen LogP contribution in [-0.4, -0.2) is 58.3 Å². The van der Waals surface area contributed by atoms with Gasteiger partial charge in [-0.05, 0) is 24.3 Å². The molecule has 1 aromatic carbocycles. The van der Waals surface area contributed by atoms with Gasteiger partial charge in [-0.1, -0.05) is 0 Å². The highest BCUT2D eigenvalue weighted by Crippen LogP contribution is 2.17. The number of aliphatic hydroxyl groups excluding tert-OH is 1. The minimum atomic E-state index is -3.59. The molecule has 0 atom stereocenters. The van der Waals surface area contributed by atoms with Crippen LogP contribution in [0.25, 0.3) is 0 Å². The normalized spacial score (nSPS) is 11.8. The van der Waals surface area contributed by atoms with Crippen LogP contribution in [0, 0.1) is 0 Å². The molecule has 6 nitrogen and oxygen atoms in total. The first kappa shape index (κ1) is 15.9. The number of hydrogen-bond acceptors (Lipinski definition) is 5. The summed E-state index contributed by atoms with van der Waals surface area (Å²) in [5, 5.41) is 11.9. The zero-order valence-corrected chi connectivity index (χ0v) is 12.0. The fourth-order valence-corrected chi connectivity index (χ4v) is 3.01. The molecule has 0 spiro atoms. The number of methoxy groups -OCH3 is 1. The molecule has 0 bridgehead atoms. The van der Waals surface area contributed by atoms with Gasteiger partial charge in [-0.2, -0.15) is 4.31 Å². The van der Waals surface area contributed by atoms with E-state index >= 15 is 0 Å². The number of rotatable bonds is 8. The van der Waals surface area contributed by atoms with Gasteiger partial charge in [0.05, 0.1) is 18.1 Å². The molecule has 0 radical (unpaired) electrons. The maximum Gasteiger partial charge on any atom is 0.243 e. The van der Waals surface area contributed by atoms with E-state index in [-0.39, 0.29) is 31.2 Å². The summed E-state index contributed by atoms with van der Waals surface area (Å²) in [7, 11) is -0.325. The van der Waals surface area contributed by atoms with Crippen molar-refractivity contribution in [3.05, 3.63) is 24.3 Å². The molecule has 0 aliphatic heterocycles. The van der Waals surface area contributed by atoms with Crippen molar-refractivity contribution < 1.29 is 18.3 Å². The predicted molar refractivity (Wildman–Crippen MR) is 73.7 cm³/mol. The fourth-order valence-electron chi connectivity index (χ4n) is 1.60. The lowest BCUT2D eigenvalue weighted by atomic mass is 10.3. The Bertz CT molecular complexity index is 473. The van der Waals surface area contributed by atoms with Crippen molar-refractivity contribution in [2.24, 2.45) is 0 Å². The average Bonchev–Trinajstić information content (AvgIpc) is 2.43. The number of nitrogens with zero attached hydrogens (tertiary/aromatic N) is 1. The van der Waals surface area contributed by atoms with Gasteiger partial charge in [-0.15, -0.1) is 0 Å². The summed E-state index contributed by atoms with van der Waals surface area (Å²) in [4.78, 5) is 0.205. The minimum absolute atomic E-state index is 0.0550. The molecule has 0 aliphatic rings. The number of aliphatic hydroxyl groups is 1. The number of benzene rings is 1. The number of anilines is 1. The van der Waals surface area contributed by atoms with Crippen LogP contribution >= 0.6 is 0 Å². The second kappa shape index (κ2) is 7.44. The Morgan fingerprint density at radius 3 is 2.37 bits per heavy atom. The minimum Gasteiger partial charge on any atom is -0.395 e. The molecule has 108 valence electrons. The van der Waals surface area contributed by atoms with Crippen LogP contribution in [0.3, 0.4) is 0 Å². The molecule has 0 unspecified atom stereocenters. The van der Waals surface area contributed by atoms with E-state index < -0.39 is 10.0 Å². The van der Waals surface area contributed by atoms with Crippen molar-refractivity contribution >= 4 is 15.7 Å². The predicted octanol–water partition coefficient (Wildman–Crippen LogP) is 0.358. The Labute approximate surface area is 114 Å². The Morgan fingerprint density at radius 1 is 1.26 bits per heavy atom. The molecule has 1 rings (SSSR count). The third-order valence-corrected chi connectivity index (χ3v) is 4.59. The maximum absolute atomic E-state index is 12.4. The van der Waals surface area contributed by atoms with Gasteiger partial charge < -0.3 is 15.2 Å². The van der Waals surface area contributed by atoms with Gasteiger partial charge in [0.1, 0.15) is 0 Å². The average molecular weight is 288 g/mol. The highest BCUT2D eigenvalue weighted by molar-refractivity contribution is 7.89. The lowest BCUT2D eigenvalue weighted by Gasteiger charge is -2.21. The Morgan fingerprint density at radius 2 is 1.89 bits per heavy atom. The molecule has 1 aromatic rings. The van der Waals surface area contributed by atoms with Crippen molar-refractivity contribution in [3.63, 3.8) is 0 Å². The van der Waals surface area contributed by atoms with Crippen molar-refractivity contribution in [1.29, 1.82) is 0 Å². The van der Waals surface area contributed by atoms with Crippen LogP contribution in [-0.2, 0) is 14.8 Å². The van der Waals surface area contributed by atoms with E-state index in [0.29, 0.717) is 0 Å². The lowest BCUT2D eigenvalue weighted by molar-refractivity contribution is 0.168. The van der Waals surface area contributed by atoms with E-state index in [1.54, 1.807) is 31.3 Å². The van der Waals surface area contributed by atoms with Gasteiger partial charge in [0, 0.05) is 32.9 Å². The summed E-state index contributed by atoms with van der Waals surface area (Å²) in [6, 6.07) is 6.47. The SMILES string of the molecule is CNc1ccc(S(=O)(=O)N(CCO)CCOC)cc1. The summed E-state index contributed by atoms with van der Waals surface area (Å²) in [5.41, 5.74) is 0.838. The zero-order chi connectivity index (χ0) is 14.3. The Balaban J connectivity index is 2.96. The molecule has 0 amide bonds. The van der Waals surface area contributed by atoms with Crippen molar-refractivity contribution in [3.8, 4) is 0 Å². The highest BCUT2D eigenvalue weighted by atomic mass is 32.2. The standard InChI is InChI=1S/C12H20N2O4S/c1-13-11-3-5-12(6-4-11)19(16,17)14(7-9-15)8-10-18-2/h3-6,13,15H,7-10H2,1-2H3. The van der Waals surface area contributed by atoms with Crippen LogP contribution in [0.2, 0.25) is 0 Å². The smallest absolute Gasteiger partial charge is 0.243 e. The van der Waals surface area contributed by atoms with E-state index in [2.05, 4.69) is 5.32 Å². The topological polar surface area (TPSA) is 78.9 Å². The van der Waals surface area contributed by atoms with Crippen molar-refractivity contribution in [1.82, 2.24) is 4.31 Å². The van der Waals surface area contributed by atoms with Crippen LogP contribution in [0.4, 0.5) is 5.69 Å². The first-order valence-electron chi connectivity index (χ1n) is 5.94. The summed E-state index contributed by atoms with van der Waals surface area (Å²) in [6.45, 7) is 0.331. The molecule has 0 aliphatic carbocycles. The third kappa shape index (κ3) is 4.17. The van der Waals surface area contributed by atoms with Crippen LogP contribution in [0.15, 0.2) is 29.2 Å². The first-order valence-corrected chi connectivity index (χ1v) is 7.38. The molecule has 0 heterocycles. The molecule has 0 aromatic heterocycles. The van der Waals surface area contributed by atoms with E-state index in [0.717, 1.165) is 5.69 Å². The number of ether oxygens (including phenoxy) is 1. The molecule has 7 heteroatoms. The van der Waals surface area contributed by atoms with Gasteiger partial charge in [-0.3, -0.25) is 0 Å². The van der Waals surface area contributed by atoms with Crippen molar-refractivity contribution in [2.75, 3.05) is 45.8 Å². The quantitative estimate of drug-likeness (QED) is 0.722. The molecule has 0 saturated carbocycles. The summed E-state index contributed by atoms with van der Waals surface area (Å²) in [6.07, 6.45) is 0. The first-order chi connectivity index (χ1) is 9.06. The Kier molecular flexibility index (Phi) is 6.23. The lowest BCUT2D eigenvalue weighted by Crippen LogP contribution is -2.36. The number of nitrogens with one attached hydrogen (secondary N) is 1. The van der Waals surface area contributed by atoms with Gasteiger partial charge in [0.2, 0.25) is 10.0 Å². The summed E-state index contributed by atoms with van der Waals surface area (Å²) in [5.74, 6) is 0. The number of hydrogen-bond donors (Lipinski definition) is 2. The van der Waals surface area contributed by atoms with Crippen LogP contribution in [0.5, 0.6) is 0 Å². The summed E-state index contributed by atoms with van der Waals surface area (Å²) >= 11 is 0. The molecule has 0 fully saturated rings. The van der Waals surface area contributed by atoms with E-state index in [4.69, 9.17) is 9.84 Å². The maximum atomic E-state index is 12.4. The number of sulfonamides is 1. The third-order valence-electron chi connectivity index (χ3n) is 2.67. The largest absolute Gasteiger partial charge is 0.395 e. The van der Waals surface area contributed by atoms with Gasteiger partial charge >= 0.3 is 0 Å². The van der Waals surface area contributed by atoms with E-state index in [9.17, 15) is 8.42 Å². The second-order valence-corrected chi connectivity index (χ2v) is 5.83. The fraction of sp³-hybridized carbons (Fsp3) is 0.500. The molecule has 2 N–H and O–H groups in total. The highest BCUT2D eigenvalue weighted by Gasteiger charge is 2.23. The van der Waals surface area contributed by atoms with Gasteiger partial charge in [0.15, 0.2) is 0 Å². The van der Waals surface area contributed by atoms with Gasteiger partial charge in [0.25, 0.3) is 0 Å².